The van der Waals surface area contributed by atoms with Crippen molar-refractivity contribution in [2.75, 3.05) is 19.8 Å². The van der Waals surface area contributed by atoms with Crippen LogP contribution in [0.4, 0.5) is 0 Å². The van der Waals surface area contributed by atoms with Crippen LogP contribution < -0.4 is 5.32 Å². The van der Waals surface area contributed by atoms with E-state index in [0.29, 0.717) is 19.6 Å². The largest absolute Gasteiger partial charge is 0.494 e. The highest BCUT2D eigenvalue weighted by Gasteiger charge is 2.22. The Morgan fingerprint density at radius 1 is 1.62 bits per heavy atom. The number of carbonyl (C=O) groups excluding carboxylic acids is 1. The molecule has 0 radical (unpaired) electrons. The molecule has 1 heterocycles. The zero-order chi connectivity index (χ0) is 12.0. The van der Waals surface area contributed by atoms with Crippen LogP contribution in [0.3, 0.4) is 0 Å². The van der Waals surface area contributed by atoms with Crippen molar-refractivity contribution in [3.8, 4) is 0 Å². The maximum Gasteiger partial charge on any atom is 0.289 e. The molecule has 0 aliphatic carbocycles. The average Bonchev–Trinajstić information content (AvgIpc) is 2.27. The maximum atomic E-state index is 11.6. The lowest BCUT2D eigenvalue weighted by atomic mass is 10.0. The number of nitrogens with one attached hydrogen (secondary N) is 1. The topological polar surface area (TPSA) is 67.8 Å². The van der Waals surface area contributed by atoms with Gasteiger partial charge in [-0.2, -0.15) is 0 Å². The van der Waals surface area contributed by atoms with E-state index in [-0.39, 0.29) is 18.2 Å². The van der Waals surface area contributed by atoms with E-state index in [1.807, 2.05) is 6.92 Å². The van der Waals surface area contributed by atoms with Crippen molar-refractivity contribution in [2.24, 2.45) is 0 Å². The summed E-state index contributed by atoms with van der Waals surface area (Å²) in [6, 6.07) is 0. The molecule has 1 amide bonds. The van der Waals surface area contributed by atoms with Crippen LogP contribution in [0.1, 0.15) is 26.7 Å². The van der Waals surface area contributed by atoms with Crippen LogP contribution in [0.5, 0.6) is 0 Å². The Hall–Kier alpha value is -1.23. The van der Waals surface area contributed by atoms with E-state index in [2.05, 4.69) is 5.32 Å². The highest BCUT2D eigenvalue weighted by molar-refractivity contribution is 5.91. The molecule has 0 saturated heterocycles. The zero-order valence-electron chi connectivity index (χ0n) is 9.78. The third-order valence-electron chi connectivity index (χ3n) is 2.29. The van der Waals surface area contributed by atoms with Crippen LogP contribution in [0.2, 0.25) is 0 Å². The minimum atomic E-state index is -0.875. The van der Waals surface area contributed by atoms with Crippen LogP contribution >= 0.6 is 0 Å². The van der Waals surface area contributed by atoms with Gasteiger partial charge in [0.25, 0.3) is 5.91 Å². The summed E-state index contributed by atoms with van der Waals surface area (Å²) in [4.78, 5) is 11.6. The minimum Gasteiger partial charge on any atom is -0.494 e. The lowest BCUT2D eigenvalue weighted by molar-refractivity contribution is -0.123. The molecule has 1 aliphatic heterocycles. The molecule has 0 saturated carbocycles. The molecule has 0 bridgehead atoms. The first kappa shape index (κ1) is 12.8. The summed E-state index contributed by atoms with van der Waals surface area (Å²) in [7, 11) is 0. The molecule has 5 nitrogen and oxygen atoms in total. The van der Waals surface area contributed by atoms with Crippen molar-refractivity contribution in [1.82, 2.24) is 5.32 Å². The summed E-state index contributed by atoms with van der Waals surface area (Å²) >= 11 is 0. The van der Waals surface area contributed by atoms with Gasteiger partial charge in [0.2, 0.25) is 5.76 Å². The molecule has 1 aliphatic rings. The molecule has 0 aromatic rings. The quantitative estimate of drug-likeness (QED) is 0.722. The molecular formula is C11H19NO4. The Morgan fingerprint density at radius 2 is 2.38 bits per heavy atom. The van der Waals surface area contributed by atoms with Crippen LogP contribution in [0.25, 0.3) is 0 Å². The zero-order valence-corrected chi connectivity index (χ0v) is 9.78. The van der Waals surface area contributed by atoms with E-state index in [9.17, 15) is 9.90 Å². The van der Waals surface area contributed by atoms with Crippen LogP contribution in [0, 0.1) is 0 Å². The van der Waals surface area contributed by atoms with Crippen molar-refractivity contribution in [1.29, 1.82) is 0 Å². The molecule has 2 N–H and O–H groups in total. The summed E-state index contributed by atoms with van der Waals surface area (Å²) < 4.78 is 10.1. The smallest absolute Gasteiger partial charge is 0.289 e. The number of hydrogen-bond acceptors (Lipinski definition) is 4. The molecule has 0 aromatic carbocycles. The van der Waals surface area contributed by atoms with Crippen molar-refractivity contribution in [3.63, 3.8) is 0 Å². The van der Waals surface area contributed by atoms with Crippen molar-refractivity contribution in [2.45, 2.75) is 32.3 Å². The standard InChI is InChI=1S/C11H19NO4/c1-3-4-11(2,14)8-12-10(13)9-7-15-5-6-16-9/h7,14H,3-6,8H2,1-2H3,(H,12,13). The maximum absolute atomic E-state index is 11.6. The number of rotatable bonds is 5. The molecule has 0 spiro atoms. The third-order valence-corrected chi connectivity index (χ3v) is 2.29. The number of carbonyl (C=O) groups is 1. The lowest BCUT2D eigenvalue weighted by Gasteiger charge is -2.23. The monoisotopic (exact) mass is 229 g/mol. The van der Waals surface area contributed by atoms with Gasteiger partial charge in [-0.3, -0.25) is 4.79 Å². The summed E-state index contributed by atoms with van der Waals surface area (Å²) in [6.07, 6.45) is 2.81. The third kappa shape index (κ3) is 4.10. The van der Waals surface area contributed by atoms with Gasteiger partial charge >= 0.3 is 0 Å². The van der Waals surface area contributed by atoms with Gasteiger partial charge < -0.3 is 19.9 Å². The number of hydrogen-bond donors (Lipinski definition) is 2. The average molecular weight is 229 g/mol. The highest BCUT2D eigenvalue weighted by Crippen LogP contribution is 2.11. The molecule has 0 aromatic heterocycles. The Bertz CT molecular complexity index is 273. The summed E-state index contributed by atoms with van der Waals surface area (Å²) in [6.45, 7) is 4.73. The summed E-state index contributed by atoms with van der Waals surface area (Å²) in [5, 5.41) is 12.5. The van der Waals surface area contributed by atoms with Gasteiger partial charge in [-0.15, -0.1) is 0 Å². The Morgan fingerprint density at radius 3 is 2.94 bits per heavy atom. The van der Waals surface area contributed by atoms with Gasteiger partial charge in [-0.1, -0.05) is 13.3 Å². The van der Waals surface area contributed by atoms with Gasteiger partial charge in [0.05, 0.1) is 5.60 Å². The number of aliphatic hydroxyl groups is 1. The van der Waals surface area contributed by atoms with Crippen molar-refractivity contribution < 1.29 is 19.4 Å². The van der Waals surface area contributed by atoms with Crippen LogP contribution in [-0.2, 0) is 14.3 Å². The minimum absolute atomic E-state index is 0.165. The lowest BCUT2D eigenvalue weighted by Crippen LogP contribution is -2.41. The molecule has 5 heteroatoms. The van der Waals surface area contributed by atoms with Gasteiger partial charge in [0.1, 0.15) is 19.5 Å². The summed E-state index contributed by atoms with van der Waals surface area (Å²) in [5.41, 5.74) is -0.875. The predicted molar refractivity (Wildman–Crippen MR) is 58.5 cm³/mol. The van der Waals surface area contributed by atoms with E-state index in [1.54, 1.807) is 6.92 Å². The first-order valence-corrected chi connectivity index (χ1v) is 5.50. The summed E-state index contributed by atoms with van der Waals surface area (Å²) in [5.74, 6) is -0.186. The van der Waals surface area contributed by atoms with E-state index < -0.39 is 5.60 Å². The Kier molecular flexibility index (Phi) is 4.61. The molecule has 92 valence electrons. The van der Waals surface area contributed by atoms with E-state index in [1.165, 1.54) is 6.26 Å². The Balaban J connectivity index is 2.37. The SMILES string of the molecule is CCCC(C)(O)CNC(=O)C1=COCCO1. The molecule has 1 atom stereocenters. The molecule has 1 unspecified atom stereocenters. The van der Waals surface area contributed by atoms with Crippen LogP contribution in [-0.4, -0.2) is 36.4 Å². The van der Waals surface area contributed by atoms with E-state index >= 15 is 0 Å². The molecule has 16 heavy (non-hydrogen) atoms. The van der Waals surface area contributed by atoms with Gasteiger partial charge in [-0.05, 0) is 13.3 Å². The van der Waals surface area contributed by atoms with Crippen molar-refractivity contribution >= 4 is 5.91 Å². The van der Waals surface area contributed by atoms with Gasteiger partial charge in [0, 0.05) is 6.54 Å². The van der Waals surface area contributed by atoms with Gasteiger partial charge in [0.15, 0.2) is 0 Å². The van der Waals surface area contributed by atoms with E-state index in [4.69, 9.17) is 9.47 Å². The molecule has 0 fully saturated rings. The van der Waals surface area contributed by atoms with E-state index in [0.717, 1.165) is 6.42 Å². The van der Waals surface area contributed by atoms with Gasteiger partial charge in [-0.25, -0.2) is 0 Å². The van der Waals surface area contributed by atoms with Crippen molar-refractivity contribution in [3.05, 3.63) is 12.0 Å². The van der Waals surface area contributed by atoms with Crippen LogP contribution in [0.15, 0.2) is 12.0 Å². The fourth-order valence-electron chi connectivity index (χ4n) is 1.47. The second-order valence-corrected chi connectivity index (χ2v) is 4.13. The fraction of sp³-hybridized carbons (Fsp3) is 0.727. The first-order chi connectivity index (χ1) is 7.55. The second kappa shape index (κ2) is 5.75. The second-order valence-electron chi connectivity index (χ2n) is 4.13. The first-order valence-electron chi connectivity index (χ1n) is 5.50. The molecule has 1 rings (SSSR count). The Labute approximate surface area is 95.4 Å². The predicted octanol–water partition coefficient (Wildman–Crippen LogP) is 0.542. The number of amides is 1. The highest BCUT2D eigenvalue weighted by atomic mass is 16.6. The number of ether oxygens (including phenoxy) is 2. The normalized spacial score (nSPS) is 18.8. The fourth-order valence-corrected chi connectivity index (χ4v) is 1.47. The molecular weight excluding hydrogens is 210 g/mol.